The lowest BCUT2D eigenvalue weighted by Crippen LogP contribution is -2.29. The Morgan fingerprint density at radius 2 is 1.87 bits per heavy atom. The third-order valence-electron chi connectivity index (χ3n) is 3.28. The Hall–Kier alpha value is -2.40. The summed E-state index contributed by atoms with van der Waals surface area (Å²) < 4.78 is 16.0. The molecule has 0 fully saturated rings. The van der Waals surface area contributed by atoms with Crippen LogP contribution in [0.4, 0.5) is 0 Å². The molecule has 0 aliphatic rings. The smallest absolute Gasteiger partial charge is 0.345 e. The lowest BCUT2D eigenvalue weighted by molar-refractivity contribution is -0.145. The van der Waals surface area contributed by atoms with Gasteiger partial charge in [-0.15, -0.1) is 0 Å². The van der Waals surface area contributed by atoms with Gasteiger partial charge in [0.25, 0.3) is 0 Å². The van der Waals surface area contributed by atoms with Crippen LogP contribution in [0, 0.1) is 0 Å². The number of hydrogen-bond donors (Lipinski definition) is 1. The first kappa shape index (κ1) is 17.0. The fourth-order valence-electron chi connectivity index (χ4n) is 2.09. The zero-order chi connectivity index (χ0) is 16.8. The highest BCUT2D eigenvalue weighted by Crippen LogP contribution is 2.28. The summed E-state index contributed by atoms with van der Waals surface area (Å²) in [6, 6.07) is 11.9. The van der Waals surface area contributed by atoms with E-state index in [0.717, 1.165) is 0 Å². The van der Waals surface area contributed by atoms with E-state index in [-0.39, 0.29) is 6.42 Å². The molecular formula is C17H17ClO5. The van der Waals surface area contributed by atoms with Crippen LogP contribution in [0.1, 0.15) is 5.56 Å². The first-order chi connectivity index (χ1) is 11.0. The molecule has 0 saturated heterocycles. The zero-order valence-corrected chi connectivity index (χ0v) is 13.5. The predicted octanol–water partition coefficient (Wildman–Crippen LogP) is 3.43. The number of carboxylic acid groups (broad SMARTS) is 1. The van der Waals surface area contributed by atoms with Crippen LogP contribution in [0.3, 0.4) is 0 Å². The van der Waals surface area contributed by atoms with Gasteiger partial charge in [0.15, 0.2) is 6.10 Å². The van der Waals surface area contributed by atoms with Crippen LogP contribution >= 0.6 is 11.6 Å². The topological polar surface area (TPSA) is 65.0 Å². The van der Waals surface area contributed by atoms with Crippen molar-refractivity contribution in [2.24, 2.45) is 0 Å². The monoisotopic (exact) mass is 336 g/mol. The van der Waals surface area contributed by atoms with Crippen molar-refractivity contribution >= 4 is 17.6 Å². The summed E-state index contributed by atoms with van der Waals surface area (Å²) in [7, 11) is 3.07. The van der Waals surface area contributed by atoms with E-state index in [1.165, 1.54) is 7.11 Å². The highest BCUT2D eigenvalue weighted by molar-refractivity contribution is 6.32. The minimum atomic E-state index is -1.09. The molecule has 0 bridgehead atoms. The molecule has 2 rings (SSSR count). The Kier molecular flexibility index (Phi) is 5.71. The van der Waals surface area contributed by atoms with Crippen molar-refractivity contribution in [3.05, 3.63) is 53.1 Å². The van der Waals surface area contributed by atoms with Crippen LogP contribution < -0.4 is 14.2 Å². The number of methoxy groups -OCH3 is 2. The SMILES string of the molecule is COc1ccc(C[C@@H](Oc2ccccc2Cl)C(=O)O)c(OC)c1. The van der Waals surface area contributed by atoms with Crippen LogP contribution in [0.25, 0.3) is 0 Å². The molecular weight excluding hydrogens is 320 g/mol. The standard InChI is InChI=1S/C17H17ClO5/c1-21-12-8-7-11(15(10-12)22-2)9-16(17(19)20)23-14-6-4-3-5-13(14)18/h3-8,10,16H,9H2,1-2H3,(H,19,20)/t16-/m1/s1. The minimum absolute atomic E-state index is 0.133. The van der Waals surface area contributed by atoms with E-state index in [0.29, 0.717) is 27.8 Å². The van der Waals surface area contributed by atoms with Gasteiger partial charge in [-0.05, 0) is 23.8 Å². The van der Waals surface area contributed by atoms with Gasteiger partial charge in [-0.3, -0.25) is 0 Å². The summed E-state index contributed by atoms with van der Waals surface area (Å²) in [4.78, 5) is 11.5. The van der Waals surface area contributed by atoms with Crippen LogP contribution in [-0.2, 0) is 11.2 Å². The normalized spacial score (nSPS) is 11.6. The van der Waals surface area contributed by atoms with Crippen molar-refractivity contribution in [2.75, 3.05) is 14.2 Å². The van der Waals surface area contributed by atoms with E-state index >= 15 is 0 Å². The minimum Gasteiger partial charge on any atom is -0.497 e. The number of carboxylic acids is 1. The second-order valence-corrected chi connectivity index (χ2v) is 5.16. The lowest BCUT2D eigenvalue weighted by Gasteiger charge is -2.18. The summed E-state index contributed by atoms with van der Waals surface area (Å²) >= 11 is 6.01. The maximum absolute atomic E-state index is 11.5. The van der Waals surface area contributed by atoms with E-state index in [2.05, 4.69) is 0 Å². The molecule has 0 unspecified atom stereocenters. The molecule has 2 aromatic rings. The number of ether oxygens (including phenoxy) is 3. The fraction of sp³-hybridized carbons (Fsp3) is 0.235. The van der Waals surface area contributed by atoms with Gasteiger partial charge in [0, 0.05) is 12.5 Å². The molecule has 0 radical (unpaired) electrons. The predicted molar refractivity (Wildman–Crippen MR) is 86.8 cm³/mol. The van der Waals surface area contributed by atoms with E-state index < -0.39 is 12.1 Å². The van der Waals surface area contributed by atoms with Gasteiger partial charge in [0.2, 0.25) is 0 Å². The highest BCUT2D eigenvalue weighted by atomic mass is 35.5. The summed E-state index contributed by atoms with van der Waals surface area (Å²) in [5.41, 5.74) is 0.702. The molecule has 0 spiro atoms. The molecule has 6 heteroatoms. The molecule has 23 heavy (non-hydrogen) atoms. The number of carbonyl (C=O) groups is 1. The van der Waals surface area contributed by atoms with Crippen molar-refractivity contribution < 1.29 is 24.1 Å². The second kappa shape index (κ2) is 7.74. The third-order valence-corrected chi connectivity index (χ3v) is 3.59. The van der Waals surface area contributed by atoms with Crippen molar-refractivity contribution in [2.45, 2.75) is 12.5 Å². The summed E-state index contributed by atoms with van der Waals surface area (Å²) in [6.07, 6.45) is -0.953. The molecule has 0 aliphatic heterocycles. The molecule has 0 heterocycles. The Labute approximate surface area is 139 Å². The first-order valence-corrected chi connectivity index (χ1v) is 7.28. The molecule has 0 saturated carbocycles. The van der Waals surface area contributed by atoms with E-state index in [1.54, 1.807) is 49.6 Å². The second-order valence-electron chi connectivity index (χ2n) is 4.76. The molecule has 5 nitrogen and oxygen atoms in total. The van der Waals surface area contributed by atoms with Gasteiger partial charge in [0.05, 0.1) is 19.2 Å². The molecule has 0 aliphatic carbocycles. The molecule has 1 atom stereocenters. The van der Waals surface area contributed by atoms with Gasteiger partial charge in [-0.2, -0.15) is 0 Å². The molecule has 2 aromatic carbocycles. The number of aliphatic carboxylic acids is 1. The Bertz CT molecular complexity index is 686. The van der Waals surface area contributed by atoms with Crippen molar-refractivity contribution in [3.63, 3.8) is 0 Å². The molecule has 1 N–H and O–H groups in total. The van der Waals surface area contributed by atoms with Crippen molar-refractivity contribution in [1.29, 1.82) is 0 Å². The Morgan fingerprint density at radius 1 is 1.13 bits per heavy atom. The summed E-state index contributed by atoms with van der Waals surface area (Å²) in [5.74, 6) is 0.416. The molecule has 122 valence electrons. The number of benzene rings is 2. The van der Waals surface area contributed by atoms with E-state index in [9.17, 15) is 9.90 Å². The van der Waals surface area contributed by atoms with Gasteiger partial charge in [0.1, 0.15) is 17.2 Å². The maximum atomic E-state index is 11.5. The number of rotatable bonds is 7. The quantitative estimate of drug-likeness (QED) is 0.839. The third kappa shape index (κ3) is 4.29. The van der Waals surface area contributed by atoms with Gasteiger partial charge in [-0.1, -0.05) is 29.8 Å². The Morgan fingerprint density at radius 3 is 2.48 bits per heavy atom. The van der Waals surface area contributed by atoms with Crippen molar-refractivity contribution in [3.8, 4) is 17.2 Å². The first-order valence-electron chi connectivity index (χ1n) is 6.90. The van der Waals surface area contributed by atoms with Crippen LogP contribution in [0.5, 0.6) is 17.2 Å². The van der Waals surface area contributed by atoms with Crippen molar-refractivity contribution in [1.82, 2.24) is 0 Å². The summed E-state index contributed by atoms with van der Waals surface area (Å²) in [5, 5.41) is 9.78. The number of halogens is 1. The zero-order valence-electron chi connectivity index (χ0n) is 12.8. The average molecular weight is 337 g/mol. The highest BCUT2D eigenvalue weighted by Gasteiger charge is 2.23. The van der Waals surface area contributed by atoms with E-state index in [4.69, 9.17) is 25.8 Å². The molecule has 0 amide bonds. The number of hydrogen-bond acceptors (Lipinski definition) is 4. The van der Waals surface area contributed by atoms with E-state index in [1.807, 2.05) is 0 Å². The summed E-state index contributed by atoms with van der Waals surface area (Å²) in [6.45, 7) is 0. The molecule has 0 aromatic heterocycles. The van der Waals surface area contributed by atoms with Crippen LogP contribution in [-0.4, -0.2) is 31.4 Å². The number of para-hydroxylation sites is 1. The van der Waals surface area contributed by atoms with Gasteiger partial charge >= 0.3 is 5.97 Å². The average Bonchev–Trinajstić information content (AvgIpc) is 2.56. The van der Waals surface area contributed by atoms with Gasteiger partial charge < -0.3 is 19.3 Å². The lowest BCUT2D eigenvalue weighted by atomic mass is 10.1. The largest absolute Gasteiger partial charge is 0.497 e. The van der Waals surface area contributed by atoms with Crippen LogP contribution in [0.15, 0.2) is 42.5 Å². The van der Waals surface area contributed by atoms with Crippen LogP contribution in [0.2, 0.25) is 5.02 Å². The fourth-order valence-corrected chi connectivity index (χ4v) is 2.27. The van der Waals surface area contributed by atoms with Gasteiger partial charge in [-0.25, -0.2) is 4.79 Å². The maximum Gasteiger partial charge on any atom is 0.345 e. The Balaban J connectivity index is 2.23.